The number of hydrogen-bond acceptors (Lipinski definition) is 6. The van der Waals surface area contributed by atoms with E-state index in [9.17, 15) is 18.0 Å². The third-order valence-corrected chi connectivity index (χ3v) is 7.12. The van der Waals surface area contributed by atoms with Gasteiger partial charge in [-0.15, -0.1) is 0 Å². The van der Waals surface area contributed by atoms with Crippen LogP contribution in [0.3, 0.4) is 0 Å². The molecular weight excluding hydrogens is 372 g/mol. The molecule has 0 atom stereocenters. The van der Waals surface area contributed by atoms with Gasteiger partial charge in [0.2, 0.25) is 11.8 Å². The number of aromatic nitrogens is 2. The second-order valence-corrected chi connectivity index (χ2v) is 9.40. The number of likely N-dealkylation sites (tertiary alicyclic amines) is 1. The summed E-state index contributed by atoms with van der Waals surface area (Å²) in [5, 5.41) is 0. The summed E-state index contributed by atoms with van der Waals surface area (Å²) in [6, 6.07) is 0. The highest BCUT2D eigenvalue weighted by molar-refractivity contribution is 7.92. The Bertz CT molecular complexity index is 811. The largest absolute Gasteiger partial charge is 0.375 e. The van der Waals surface area contributed by atoms with Crippen molar-refractivity contribution in [2.24, 2.45) is 0 Å². The molecule has 1 saturated heterocycles. The minimum atomic E-state index is -3.36. The molecule has 0 aromatic carbocycles. The number of carbonyl (C=O) groups excluding carboxylic acids is 2. The molecule has 9 nitrogen and oxygen atoms in total. The van der Waals surface area contributed by atoms with E-state index in [1.54, 1.807) is 11.2 Å². The molecule has 1 N–H and O–H groups in total. The van der Waals surface area contributed by atoms with Gasteiger partial charge in [-0.3, -0.25) is 9.59 Å². The van der Waals surface area contributed by atoms with Gasteiger partial charge >= 0.3 is 0 Å². The quantitative estimate of drug-likeness (QED) is 0.728. The van der Waals surface area contributed by atoms with Crippen molar-refractivity contribution in [3.8, 4) is 0 Å². The Morgan fingerprint density at radius 3 is 2.59 bits per heavy atom. The van der Waals surface area contributed by atoms with Crippen LogP contribution in [0.4, 0.5) is 0 Å². The predicted molar refractivity (Wildman–Crippen MR) is 97.7 cm³/mol. The molecule has 3 heterocycles. The van der Waals surface area contributed by atoms with Crippen LogP contribution in [-0.4, -0.2) is 84.9 Å². The number of ether oxygens (including phenoxy) is 1. The SMILES string of the molecule is CCS(=O)(=O)CC(=O)N1CCC2(CC1)c1nc[nH]c1CCN2C(=O)COC. The van der Waals surface area contributed by atoms with Gasteiger partial charge in [0.15, 0.2) is 9.84 Å². The molecule has 1 aromatic rings. The number of carbonyl (C=O) groups is 2. The normalized spacial score (nSPS) is 19.2. The van der Waals surface area contributed by atoms with Crippen LogP contribution in [0.25, 0.3) is 0 Å². The zero-order chi connectivity index (χ0) is 19.7. The molecule has 1 spiro atoms. The van der Waals surface area contributed by atoms with Crippen molar-refractivity contribution in [3.63, 3.8) is 0 Å². The lowest BCUT2D eigenvalue weighted by atomic mass is 9.78. The van der Waals surface area contributed by atoms with Crippen LogP contribution in [0.1, 0.15) is 31.2 Å². The minimum absolute atomic E-state index is 0.00110. The average Bonchev–Trinajstić information content (AvgIpc) is 3.12. The molecule has 0 unspecified atom stereocenters. The van der Waals surface area contributed by atoms with E-state index in [0.29, 0.717) is 38.9 Å². The van der Waals surface area contributed by atoms with Gasteiger partial charge in [-0.1, -0.05) is 6.92 Å². The Hall–Kier alpha value is -1.94. The van der Waals surface area contributed by atoms with E-state index in [1.165, 1.54) is 14.0 Å². The van der Waals surface area contributed by atoms with Gasteiger partial charge in [-0.25, -0.2) is 13.4 Å². The Labute approximate surface area is 159 Å². The fraction of sp³-hybridized carbons (Fsp3) is 0.706. The number of rotatable bonds is 5. The molecular formula is C17H26N4O5S. The van der Waals surface area contributed by atoms with E-state index in [2.05, 4.69) is 9.97 Å². The summed E-state index contributed by atoms with van der Waals surface area (Å²) in [5.74, 6) is -0.984. The van der Waals surface area contributed by atoms with E-state index in [0.717, 1.165) is 11.4 Å². The van der Waals surface area contributed by atoms with Gasteiger partial charge in [0, 0.05) is 44.6 Å². The maximum Gasteiger partial charge on any atom is 0.249 e. The van der Waals surface area contributed by atoms with Crippen molar-refractivity contribution < 1.29 is 22.7 Å². The predicted octanol–water partition coefficient (Wildman–Crippen LogP) is -0.307. The number of H-pyrrole nitrogens is 1. The Balaban J connectivity index is 1.81. The molecule has 1 fully saturated rings. The van der Waals surface area contributed by atoms with Crippen molar-refractivity contribution in [2.75, 3.05) is 44.9 Å². The zero-order valence-corrected chi connectivity index (χ0v) is 16.5. The summed E-state index contributed by atoms with van der Waals surface area (Å²) in [5.41, 5.74) is 1.29. The third-order valence-electron chi connectivity index (χ3n) is 5.56. The summed E-state index contributed by atoms with van der Waals surface area (Å²) in [7, 11) is -1.87. The molecule has 1 aromatic heterocycles. The van der Waals surface area contributed by atoms with Crippen LogP contribution in [0.15, 0.2) is 6.33 Å². The van der Waals surface area contributed by atoms with Crippen molar-refractivity contribution >= 4 is 21.7 Å². The van der Waals surface area contributed by atoms with Crippen LogP contribution in [0.5, 0.6) is 0 Å². The Kier molecular flexibility index (Phi) is 5.57. The number of fused-ring (bicyclic) bond motifs is 2. The van der Waals surface area contributed by atoms with Gasteiger partial charge in [0.25, 0.3) is 0 Å². The van der Waals surface area contributed by atoms with E-state index in [4.69, 9.17) is 4.74 Å². The molecule has 0 radical (unpaired) electrons. The number of nitrogens with zero attached hydrogens (tertiary/aromatic N) is 3. The van der Waals surface area contributed by atoms with Gasteiger partial charge in [0.05, 0.1) is 17.6 Å². The highest BCUT2D eigenvalue weighted by atomic mass is 32.2. The topological polar surface area (TPSA) is 113 Å². The zero-order valence-electron chi connectivity index (χ0n) is 15.7. The van der Waals surface area contributed by atoms with Gasteiger partial charge in [0.1, 0.15) is 12.4 Å². The molecule has 2 aliphatic heterocycles. The second kappa shape index (κ2) is 7.59. The number of hydrogen-bond donors (Lipinski definition) is 1. The van der Waals surface area contributed by atoms with Gasteiger partial charge in [-0.2, -0.15) is 0 Å². The molecule has 2 aliphatic rings. The average molecular weight is 398 g/mol. The fourth-order valence-corrected chi connectivity index (χ4v) is 4.82. The maximum atomic E-state index is 12.6. The number of aromatic amines is 1. The lowest BCUT2D eigenvalue weighted by molar-refractivity contribution is -0.147. The second-order valence-electron chi connectivity index (χ2n) is 7.05. The van der Waals surface area contributed by atoms with Crippen molar-refractivity contribution in [1.29, 1.82) is 0 Å². The number of nitrogens with one attached hydrogen (secondary N) is 1. The van der Waals surface area contributed by atoms with Crippen molar-refractivity contribution in [3.05, 3.63) is 17.7 Å². The van der Waals surface area contributed by atoms with Crippen molar-refractivity contribution in [2.45, 2.75) is 31.7 Å². The molecule has 10 heteroatoms. The standard InChI is InChI=1S/C17H26N4O5S/c1-3-27(24,25)11-15(23)20-8-5-17(6-9-20)16-13(18-12-19-16)4-7-21(17)14(22)10-26-2/h12H,3-11H2,1-2H3,(H,18,19). The van der Waals surface area contributed by atoms with Crippen LogP contribution < -0.4 is 0 Å². The first kappa shape index (κ1) is 19.8. The van der Waals surface area contributed by atoms with Gasteiger partial charge < -0.3 is 19.5 Å². The van der Waals surface area contributed by atoms with Gasteiger partial charge in [-0.05, 0) is 12.8 Å². The highest BCUT2D eigenvalue weighted by Crippen LogP contribution is 2.42. The Morgan fingerprint density at radius 2 is 1.96 bits per heavy atom. The number of amides is 2. The van der Waals surface area contributed by atoms with Crippen LogP contribution in [0, 0.1) is 0 Å². The summed E-state index contributed by atoms with van der Waals surface area (Å²) in [6.45, 7) is 2.88. The number of sulfone groups is 1. The molecule has 0 bridgehead atoms. The summed E-state index contributed by atoms with van der Waals surface area (Å²) >= 11 is 0. The highest BCUT2D eigenvalue weighted by Gasteiger charge is 2.49. The molecule has 3 rings (SSSR count). The lowest BCUT2D eigenvalue weighted by Crippen LogP contribution is -2.59. The van der Waals surface area contributed by atoms with Crippen LogP contribution in [-0.2, 0) is 36.1 Å². The molecule has 0 saturated carbocycles. The van der Waals surface area contributed by atoms with E-state index in [1.807, 2.05) is 4.90 Å². The smallest absolute Gasteiger partial charge is 0.249 e. The number of methoxy groups -OCH3 is 1. The van der Waals surface area contributed by atoms with Crippen LogP contribution >= 0.6 is 0 Å². The first-order valence-electron chi connectivity index (χ1n) is 9.13. The van der Waals surface area contributed by atoms with E-state index < -0.39 is 21.1 Å². The van der Waals surface area contributed by atoms with E-state index in [-0.39, 0.29) is 24.2 Å². The van der Waals surface area contributed by atoms with Crippen molar-refractivity contribution in [1.82, 2.24) is 19.8 Å². The molecule has 0 aliphatic carbocycles. The fourth-order valence-electron chi connectivity index (χ4n) is 4.06. The number of piperidine rings is 1. The monoisotopic (exact) mass is 398 g/mol. The first-order valence-corrected chi connectivity index (χ1v) is 11.0. The first-order chi connectivity index (χ1) is 12.8. The van der Waals surface area contributed by atoms with E-state index >= 15 is 0 Å². The summed E-state index contributed by atoms with van der Waals surface area (Å²) < 4.78 is 28.6. The maximum absolute atomic E-state index is 12.6. The molecule has 150 valence electrons. The molecule has 2 amide bonds. The van der Waals surface area contributed by atoms with Crippen LogP contribution in [0.2, 0.25) is 0 Å². The summed E-state index contributed by atoms with van der Waals surface area (Å²) in [4.78, 5) is 36.1. The molecule has 27 heavy (non-hydrogen) atoms. The Morgan fingerprint density at radius 1 is 1.26 bits per heavy atom. The summed E-state index contributed by atoms with van der Waals surface area (Å²) in [6.07, 6.45) is 3.39. The minimum Gasteiger partial charge on any atom is -0.375 e. The number of imidazole rings is 1. The third kappa shape index (κ3) is 3.73. The lowest BCUT2D eigenvalue weighted by Gasteiger charge is -2.50.